The SMILES string of the molecule is C1=CC(N2c3ccccc3-c3c(n(-c4ccccc4)c4ccccc34)-c3ccccc32)=CC(n2c3ccccc3c3ccc4nc(-c5ccccc5)oc4c32)C1. The van der Waals surface area contributed by atoms with Crippen LogP contribution in [0.2, 0.25) is 0 Å². The molecule has 0 saturated heterocycles. The predicted molar refractivity (Wildman–Crippen MR) is 230 cm³/mol. The highest BCUT2D eigenvalue weighted by molar-refractivity contribution is 6.16. The largest absolute Gasteiger partial charge is 0.434 e. The molecule has 0 spiro atoms. The Morgan fingerprint density at radius 2 is 1.23 bits per heavy atom. The van der Waals surface area contributed by atoms with Crippen molar-refractivity contribution >= 4 is 55.2 Å². The summed E-state index contributed by atoms with van der Waals surface area (Å²) >= 11 is 0. The van der Waals surface area contributed by atoms with E-state index in [1.807, 2.05) is 18.2 Å². The van der Waals surface area contributed by atoms with Crippen molar-refractivity contribution in [2.45, 2.75) is 12.5 Å². The van der Waals surface area contributed by atoms with Crippen molar-refractivity contribution in [2.75, 3.05) is 4.90 Å². The Kier molecular flexibility index (Phi) is 6.69. The topological polar surface area (TPSA) is 39.1 Å². The maximum atomic E-state index is 6.71. The molecule has 1 aliphatic carbocycles. The highest BCUT2D eigenvalue weighted by Gasteiger charge is 2.32. The number of anilines is 2. The summed E-state index contributed by atoms with van der Waals surface area (Å²) in [6.45, 7) is 0. The van der Waals surface area contributed by atoms with E-state index in [1.54, 1.807) is 0 Å². The summed E-state index contributed by atoms with van der Waals surface area (Å²) < 4.78 is 11.6. The molecule has 7 aromatic carbocycles. The summed E-state index contributed by atoms with van der Waals surface area (Å²) in [4.78, 5) is 7.46. The number of fused-ring (bicyclic) bond motifs is 12. The zero-order valence-electron chi connectivity index (χ0n) is 30.4. The third-order valence-corrected chi connectivity index (χ3v) is 11.6. The number of rotatable bonds is 4. The standard InChI is InChI=1S/C51H34N4O/c1-3-16-33(17-4-1)51-52-42-31-30-38-37-22-7-11-26-43(37)55(49(38)50(42)56-51)36-21-15-20-35(32-36)53-44-27-12-8-23-39(44)47-40-24-9-13-28-45(40)54(34-18-5-2-6-19-34)48(47)41-25-10-14-29-46(41)53/h1-20,22-32,36H,21H2. The van der Waals surface area contributed by atoms with Gasteiger partial charge in [0.25, 0.3) is 0 Å². The van der Waals surface area contributed by atoms with Crippen LogP contribution in [0, 0.1) is 0 Å². The highest BCUT2D eigenvalue weighted by Crippen LogP contribution is 2.54. The Bertz CT molecular complexity index is 3230. The summed E-state index contributed by atoms with van der Waals surface area (Å²) in [7, 11) is 0. The van der Waals surface area contributed by atoms with Crippen LogP contribution in [0.4, 0.5) is 11.4 Å². The third-order valence-electron chi connectivity index (χ3n) is 11.6. The molecular weight excluding hydrogens is 685 g/mol. The molecule has 264 valence electrons. The van der Waals surface area contributed by atoms with Gasteiger partial charge in [0.15, 0.2) is 5.58 Å². The van der Waals surface area contributed by atoms with Gasteiger partial charge in [-0.1, -0.05) is 115 Å². The second-order valence-corrected chi connectivity index (χ2v) is 14.7. The molecule has 0 N–H and O–H groups in total. The molecule has 0 radical (unpaired) electrons. The second kappa shape index (κ2) is 12.1. The van der Waals surface area contributed by atoms with Gasteiger partial charge < -0.3 is 18.5 Å². The molecule has 2 aliphatic rings. The number of nitrogens with zero attached hydrogens (tertiary/aromatic N) is 4. The first-order chi connectivity index (χ1) is 27.8. The number of oxazole rings is 1. The van der Waals surface area contributed by atoms with E-state index in [2.05, 4.69) is 184 Å². The fourth-order valence-electron chi connectivity index (χ4n) is 9.26. The van der Waals surface area contributed by atoms with Crippen molar-refractivity contribution in [3.8, 4) is 39.5 Å². The molecule has 1 atom stereocenters. The normalized spacial score (nSPS) is 14.9. The first kappa shape index (κ1) is 31.0. The van der Waals surface area contributed by atoms with Crippen LogP contribution in [0.5, 0.6) is 0 Å². The van der Waals surface area contributed by atoms with Gasteiger partial charge in [-0.25, -0.2) is 4.98 Å². The Morgan fingerprint density at radius 1 is 0.571 bits per heavy atom. The van der Waals surface area contributed by atoms with Crippen LogP contribution in [0.1, 0.15) is 12.5 Å². The lowest BCUT2D eigenvalue weighted by Gasteiger charge is -2.31. The predicted octanol–water partition coefficient (Wildman–Crippen LogP) is 13.4. The summed E-state index contributed by atoms with van der Waals surface area (Å²) in [6.07, 6.45) is 7.93. The van der Waals surface area contributed by atoms with Crippen molar-refractivity contribution in [3.05, 3.63) is 194 Å². The molecule has 4 heterocycles. The van der Waals surface area contributed by atoms with Gasteiger partial charge in [0, 0.05) is 55.3 Å². The maximum Gasteiger partial charge on any atom is 0.227 e. The van der Waals surface area contributed by atoms with Crippen LogP contribution in [0.15, 0.2) is 198 Å². The van der Waals surface area contributed by atoms with E-state index in [0.717, 1.165) is 51.4 Å². The van der Waals surface area contributed by atoms with E-state index < -0.39 is 0 Å². The molecule has 0 fully saturated rings. The lowest BCUT2D eigenvalue weighted by molar-refractivity contribution is 0.609. The van der Waals surface area contributed by atoms with Crippen LogP contribution in [0.25, 0.3) is 83.3 Å². The Morgan fingerprint density at radius 3 is 2.05 bits per heavy atom. The molecule has 0 amide bonds. The quantitative estimate of drug-likeness (QED) is 0.182. The number of hydrogen-bond acceptors (Lipinski definition) is 3. The van der Waals surface area contributed by atoms with Crippen molar-refractivity contribution in [3.63, 3.8) is 0 Å². The zero-order valence-corrected chi connectivity index (χ0v) is 30.4. The Hall–Kier alpha value is -7.37. The summed E-state index contributed by atoms with van der Waals surface area (Å²) in [6, 6.07) is 60.6. The minimum atomic E-state index is 0.0113. The fourth-order valence-corrected chi connectivity index (χ4v) is 9.26. The number of allylic oxidation sites excluding steroid dienone is 3. The molecule has 12 rings (SSSR count). The second-order valence-electron chi connectivity index (χ2n) is 14.7. The van der Waals surface area contributed by atoms with E-state index in [-0.39, 0.29) is 6.04 Å². The van der Waals surface area contributed by atoms with Crippen LogP contribution in [0.3, 0.4) is 0 Å². The molecule has 10 aromatic rings. The van der Waals surface area contributed by atoms with Gasteiger partial charge in [0.1, 0.15) is 5.52 Å². The van der Waals surface area contributed by atoms with E-state index in [0.29, 0.717) is 5.89 Å². The zero-order chi connectivity index (χ0) is 36.7. The van der Waals surface area contributed by atoms with Gasteiger partial charge in [-0.2, -0.15) is 0 Å². The van der Waals surface area contributed by atoms with Crippen LogP contribution in [-0.2, 0) is 0 Å². The number of para-hydroxylation sites is 5. The van der Waals surface area contributed by atoms with Crippen molar-refractivity contribution in [1.82, 2.24) is 14.1 Å². The number of aromatic nitrogens is 3. The molecule has 5 nitrogen and oxygen atoms in total. The fraction of sp³-hybridized carbons (Fsp3) is 0.0392. The Labute approximate surface area is 323 Å². The summed E-state index contributed by atoms with van der Waals surface area (Å²) in [5, 5.41) is 3.61. The molecule has 0 bridgehead atoms. The smallest absolute Gasteiger partial charge is 0.227 e. The van der Waals surface area contributed by atoms with Crippen LogP contribution < -0.4 is 4.90 Å². The van der Waals surface area contributed by atoms with Gasteiger partial charge in [0.05, 0.1) is 34.1 Å². The van der Waals surface area contributed by atoms with Crippen molar-refractivity contribution in [1.29, 1.82) is 0 Å². The van der Waals surface area contributed by atoms with Gasteiger partial charge in [-0.05, 0) is 79.2 Å². The number of hydrogen-bond donors (Lipinski definition) is 0. The van der Waals surface area contributed by atoms with Crippen LogP contribution in [-0.4, -0.2) is 14.1 Å². The Balaban J connectivity index is 1.10. The summed E-state index contributed by atoms with van der Waals surface area (Å²) in [5.74, 6) is 0.633. The van der Waals surface area contributed by atoms with E-state index in [1.165, 1.54) is 49.6 Å². The van der Waals surface area contributed by atoms with Crippen molar-refractivity contribution in [2.24, 2.45) is 0 Å². The van der Waals surface area contributed by atoms with Gasteiger partial charge in [0.2, 0.25) is 5.89 Å². The minimum absolute atomic E-state index is 0.0113. The average molecular weight is 719 g/mol. The highest BCUT2D eigenvalue weighted by atomic mass is 16.3. The molecule has 0 saturated carbocycles. The molecule has 1 unspecified atom stereocenters. The average Bonchev–Trinajstić information content (AvgIpc) is 3.93. The molecule has 3 aromatic heterocycles. The van der Waals surface area contributed by atoms with Crippen molar-refractivity contribution < 1.29 is 4.42 Å². The lowest BCUT2D eigenvalue weighted by atomic mass is 9.98. The summed E-state index contributed by atoms with van der Waals surface area (Å²) in [5.41, 5.74) is 15.5. The van der Waals surface area contributed by atoms with E-state index in [9.17, 15) is 0 Å². The first-order valence-electron chi connectivity index (χ1n) is 19.3. The molecule has 56 heavy (non-hydrogen) atoms. The van der Waals surface area contributed by atoms with E-state index in [4.69, 9.17) is 9.40 Å². The first-order valence-corrected chi connectivity index (χ1v) is 19.3. The monoisotopic (exact) mass is 718 g/mol. The molecule has 1 aliphatic heterocycles. The third kappa shape index (κ3) is 4.45. The molecule has 5 heteroatoms. The minimum Gasteiger partial charge on any atom is -0.434 e. The van der Waals surface area contributed by atoms with Crippen LogP contribution >= 0.6 is 0 Å². The van der Waals surface area contributed by atoms with Gasteiger partial charge in [-0.3, -0.25) is 0 Å². The molecular formula is C51H34N4O. The van der Waals surface area contributed by atoms with E-state index >= 15 is 0 Å². The maximum absolute atomic E-state index is 6.71. The van der Waals surface area contributed by atoms with Gasteiger partial charge in [-0.15, -0.1) is 0 Å². The lowest BCUT2D eigenvalue weighted by Crippen LogP contribution is -2.20. The number of benzene rings is 7. The van der Waals surface area contributed by atoms with Gasteiger partial charge >= 0.3 is 0 Å².